The lowest BCUT2D eigenvalue weighted by atomic mass is 10.1. The summed E-state index contributed by atoms with van der Waals surface area (Å²) in [6.07, 6.45) is 1.93. The third-order valence-corrected chi connectivity index (χ3v) is 3.10. The molecule has 0 saturated carbocycles. The van der Waals surface area contributed by atoms with Crippen molar-refractivity contribution < 1.29 is 9.18 Å². The zero-order valence-electron chi connectivity index (χ0n) is 11.8. The fourth-order valence-electron chi connectivity index (χ4n) is 2.02. The fraction of sp³-hybridized carbons (Fsp3) is 0.235. The molecule has 3 nitrogen and oxygen atoms in total. The summed E-state index contributed by atoms with van der Waals surface area (Å²) >= 11 is 0. The van der Waals surface area contributed by atoms with E-state index in [-0.39, 0.29) is 18.1 Å². The van der Waals surface area contributed by atoms with Gasteiger partial charge in [0.15, 0.2) is 0 Å². The molecular formula is C17H19FN2O. The van der Waals surface area contributed by atoms with Gasteiger partial charge in [-0.3, -0.25) is 4.79 Å². The Morgan fingerprint density at radius 1 is 1.00 bits per heavy atom. The Balaban J connectivity index is 1.63. The molecule has 2 rings (SSSR count). The predicted octanol–water partition coefficient (Wildman–Crippen LogP) is 2.99. The van der Waals surface area contributed by atoms with E-state index in [1.54, 1.807) is 18.2 Å². The van der Waals surface area contributed by atoms with Crippen molar-refractivity contribution in [1.82, 2.24) is 5.32 Å². The van der Waals surface area contributed by atoms with Gasteiger partial charge in [0.2, 0.25) is 5.91 Å². The van der Waals surface area contributed by atoms with Crippen molar-refractivity contribution in [2.24, 2.45) is 0 Å². The summed E-state index contributed by atoms with van der Waals surface area (Å²) in [5.41, 5.74) is 1.50. The second kappa shape index (κ2) is 8.17. The first-order chi connectivity index (χ1) is 10.3. The molecule has 21 heavy (non-hydrogen) atoms. The number of rotatable bonds is 7. The van der Waals surface area contributed by atoms with Crippen molar-refractivity contribution >= 4 is 11.6 Å². The number of halogens is 1. The smallest absolute Gasteiger partial charge is 0.238 e. The first-order valence-corrected chi connectivity index (χ1v) is 7.05. The van der Waals surface area contributed by atoms with Gasteiger partial charge >= 0.3 is 0 Å². The molecule has 0 spiro atoms. The number of amides is 1. The molecule has 4 heteroatoms. The van der Waals surface area contributed by atoms with E-state index in [0.29, 0.717) is 0 Å². The second-order valence-corrected chi connectivity index (χ2v) is 4.79. The highest BCUT2D eigenvalue weighted by Gasteiger charge is 2.05. The van der Waals surface area contributed by atoms with Gasteiger partial charge in [0, 0.05) is 0 Å². The van der Waals surface area contributed by atoms with Gasteiger partial charge in [0.1, 0.15) is 5.82 Å². The van der Waals surface area contributed by atoms with E-state index in [4.69, 9.17) is 0 Å². The van der Waals surface area contributed by atoms with Crippen LogP contribution in [0, 0.1) is 5.82 Å². The van der Waals surface area contributed by atoms with Gasteiger partial charge in [-0.05, 0) is 37.1 Å². The summed E-state index contributed by atoms with van der Waals surface area (Å²) in [5, 5.41) is 5.60. The lowest BCUT2D eigenvalue weighted by Gasteiger charge is -2.07. The number of anilines is 1. The van der Waals surface area contributed by atoms with E-state index in [0.717, 1.165) is 19.4 Å². The van der Waals surface area contributed by atoms with Crippen molar-refractivity contribution in [2.75, 3.05) is 18.4 Å². The van der Waals surface area contributed by atoms with E-state index < -0.39 is 5.82 Å². The van der Waals surface area contributed by atoms with Gasteiger partial charge in [-0.1, -0.05) is 42.5 Å². The van der Waals surface area contributed by atoms with Crippen molar-refractivity contribution in [1.29, 1.82) is 0 Å². The number of aryl methyl sites for hydroxylation is 1. The zero-order chi connectivity index (χ0) is 14.9. The Kier molecular flexibility index (Phi) is 5.91. The van der Waals surface area contributed by atoms with Crippen LogP contribution >= 0.6 is 0 Å². The molecule has 0 bridgehead atoms. The van der Waals surface area contributed by atoms with Crippen molar-refractivity contribution in [3.05, 3.63) is 66.0 Å². The van der Waals surface area contributed by atoms with Gasteiger partial charge in [0.05, 0.1) is 12.2 Å². The number of hydrogen-bond donors (Lipinski definition) is 2. The average Bonchev–Trinajstić information content (AvgIpc) is 2.50. The van der Waals surface area contributed by atoms with Gasteiger partial charge in [0.25, 0.3) is 0 Å². The minimum atomic E-state index is -0.421. The van der Waals surface area contributed by atoms with Crippen LogP contribution in [0.1, 0.15) is 12.0 Å². The molecule has 0 radical (unpaired) electrons. The fourth-order valence-corrected chi connectivity index (χ4v) is 2.02. The molecular weight excluding hydrogens is 267 g/mol. The third kappa shape index (κ3) is 5.36. The molecule has 1 amide bonds. The summed E-state index contributed by atoms with van der Waals surface area (Å²) in [7, 11) is 0. The van der Waals surface area contributed by atoms with Crippen LogP contribution in [0.5, 0.6) is 0 Å². The predicted molar refractivity (Wildman–Crippen MR) is 82.7 cm³/mol. The number of carbonyl (C=O) groups excluding carboxylic acids is 1. The highest BCUT2D eigenvalue weighted by molar-refractivity contribution is 5.92. The molecule has 2 aromatic carbocycles. The average molecular weight is 286 g/mol. The van der Waals surface area contributed by atoms with E-state index in [1.165, 1.54) is 11.6 Å². The van der Waals surface area contributed by atoms with Gasteiger partial charge in [-0.2, -0.15) is 0 Å². The lowest BCUT2D eigenvalue weighted by molar-refractivity contribution is -0.115. The van der Waals surface area contributed by atoms with Crippen LogP contribution in [-0.2, 0) is 11.2 Å². The molecule has 110 valence electrons. The van der Waals surface area contributed by atoms with Crippen LogP contribution in [0.3, 0.4) is 0 Å². The Morgan fingerprint density at radius 3 is 2.48 bits per heavy atom. The molecule has 0 aliphatic carbocycles. The molecule has 0 aliphatic heterocycles. The SMILES string of the molecule is O=C(CNCCCc1ccccc1)Nc1ccccc1F. The summed E-state index contributed by atoms with van der Waals surface area (Å²) in [6, 6.07) is 16.4. The largest absolute Gasteiger partial charge is 0.322 e. The highest BCUT2D eigenvalue weighted by Crippen LogP contribution is 2.11. The lowest BCUT2D eigenvalue weighted by Crippen LogP contribution is -2.29. The van der Waals surface area contributed by atoms with E-state index in [2.05, 4.69) is 22.8 Å². The summed E-state index contributed by atoms with van der Waals surface area (Å²) in [6.45, 7) is 0.933. The first kappa shape index (κ1) is 15.2. The molecule has 0 atom stereocenters. The van der Waals surface area contributed by atoms with Crippen LogP contribution in [0.4, 0.5) is 10.1 Å². The summed E-state index contributed by atoms with van der Waals surface area (Å²) in [5.74, 6) is -0.658. The summed E-state index contributed by atoms with van der Waals surface area (Å²) < 4.78 is 13.3. The van der Waals surface area contributed by atoms with Crippen LogP contribution < -0.4 is 10.6 Å². The van der Waals surface area contributed by atoms with E-state index in [9.17, 15) is 9.18 Å². The Bertz CT molecular complexity index is 572. The maximum Gasteiger partial charge on any atom is 0.238 e. The molecule has 0 fully saturated rings. The highest BCUT2D eigenvalue weighted by atomic mass is 19.1. The minimum absolute atomic E-state index is 0.184. The van der Waals surface area contributed by atoms with Crippen molar-refractivity contribution in [3.63, 3.8) is 0 Å². The topological polar surface area (TPSA) is 41.1 Å². The number of hydrogen-bond acceptors (Lipinski definition) is 2. The maximum absolute atomic E-state index is 13.3. The standard InChI is InChI=1S/C17H19FN2O/c18-15-10-4-5-11-16(15)20-17(21)13-19-12-6-9-14-7-2-1-3-8-14/h1-5,7-8,10-11,19H,6,9,12-13H2,(H,20,21). The number of benzene rings is 2. The molecule has 0 unspecified atom stereocenters. The van der Waals surface area contributed by atoms with Gasteiger partial charge in [-0.25, -0.2) is 4.39 Å². The third-order valence-electron chi connectivity index (χ3n) is 3.10. The first-order valence-electron chi connectivity index (χ1n) is 7.05. The van der Waals surface area contributed by atoms with E-state index in [1.807, 2.05) is 18.2 Å². The normalized spacial score (nSPS) is 10.3. The molecule has 2 aromatic rings. The Morgan fingerprint density at radius 2 is 1.71 bits per heavy atom. The number of para-hydroxylation sites is 1. The van der Waals surface area contributed by atoms with Crippen LogP contribution in [0.2, 0.25) is 0 Å². The van der Waals surface area contributed by atoms with Gasteiger partial charge in [-0.15, -0.1) is 0 Å². The second-order valence-electron chi connectivity index (χ2n) is 4.79. The van der Waals surface area contributed by atoms with E-state index >= 15 is 0 Å². The van der Waals surface area contributed by atoms with Crippen molar-refractivity contribution in [3.8, 4) is 0 Å². The molecule has 2 N–H and O–H groups in total. The molecule has 0 aromatic heterocycles. The minimum Gasteiger partial charge on any atom is -0.322 e. The Hall–Kier alpha value is -2.20. The van der Waals surface area contributed by atoms with Gasteiger partial charge < -0.3 is 10.6 Å². The number of carbonyl (C=O) groups is 1. The quantitative estimate of drug-likeness (QED) is 0.768. The van der Waals surface area contributed by atoms with Crippen molar-refractivity contribution in [2.45, 2.75) is 12.8 Å². The van der Waals surface area contributed by atoms with Crippen LogP contribution in [0.15, 0.2) is 54.6 Å². The Labute approximate surface area is 124 Å². The maximum atomic E-state index is 13.3. The molecule has 0 saturated heterocycles. The molecule has 0 aliphatic rings. The zero-order valence-corrected chi connectivity index (χ0v) is 11.8. The monoisotopic (exact) mass is 286 g/mol. The summed E-state index contributed by atoms with van der Waals surface area (Å²) in [4.78, 5) is 11.7. The number of nitrogens with one attached hydrogen (secondary N) is 2. The van der Waals surface area contributed by atoms with Crippen LogP contribution in [0.25, 0.3) is 0 Å². The van der Waals surface area contributed by atoms with Crippen LogP contribution in [-0.4, -0.2) is 19.0 Å². The molecule has 0 heterocycles.